The Morgan fingerprint density at radius 1 is 0.455 bits per heavy atom. The number of carbonyl (C=O) groups is 1. The molecule has 3 N–H and O–H groups in total. The summed E-state index contributed by atoms with van der Waals surface area (Å²) in [6.45, 7) is 4.21. The zero-order valence-electron chi connectivity index (χ0n) is 36.9. The average Bonchev–Trinajstić information content (AvgIpc) is 3.19. The van der Waals surface area contributed by atoms with Crippen molar-refractivity contribution in [1.82, 2.24) is 5.32 Å². The first-order valence-electron chi connectivity index (χ1n) is 24.4. The fraction of sp³-hybridized carbons (Fsp3) is 0.824. The molecule has 0 rings (SSSR count). The predicted molar refractivity (Wildman–Crippen MR) is 244 cm³/mol. The first kappa shape index (κ1) is 53.4. The molecule has 0 fully saturated rings. The third-order valence-corrected chi connectivity index (χ3v) is 11.0. The molecule has 0 aliphatic heterocycles. The van der Waals surface area contributed by atoms with Gasteiger partial charge in [0.2, 0.25) is 5.91 Å². The van der Waals surface area contributed by atoms with Gasteiger partial charge in [0.25, 0.3) is 0 Å². The zero-order valence-corrected chi connectivity index (χ0v) is 36.9. The van der Waals surface area contributed by atoms with E-state index in [2.05, 4.69) is 55.6 Å². The van der Waals surface area contributed by atoms with Crippen LogP contribution in [0.4, 0.5) is 0 Å². The van der Waals surface area contributed by atoms with E-state index >= 15 is 0 Å². The van der Waals surface area contributed by atoms with E-state index in [-0.39, 0.29) is 12.5 Å². The molecule has 2 atom stereocenters. The van der Waals surface area contributed by atoms with E-state index in [0.29, 0.717) is 6.42 Å². The molecule has 0 radical (unpaired) electrons. The van der Waals surface area contributed by atoms with E-state index < -0.39 is 12.1 Å². The number of hydrogen-bond acceptors (Lipinski definition) is 3. The molecular weight excluding hydrogens is 675 g/mol. The fourth-order valence-electron chi connectivity index (χ4n) is 7.35. The molecule has 0 spiro atoms. The molecular formula is C51H95NO3. The van der Waals surface area contributed by atoms with E-state index in [1.807, 2.05) is 6.08 Å². The Labute approximate surface area is 344 Å². The molecule has 0 aromatic rings. The highest BCUT2D eigenvalue weighted by Crippen LogP contribution is 2.16. The zero-order chi connectivity index (χ0) is 40.0. The second-order valence-corrected chi connectivity index (χ2v) is 16.5. The third-order valence-electron chi connectivity index (χ3n) is 11.0. The lowest BCUT2D eigenvalue weighted by Crippen LogP contribution is -2.45. The fourth-order valence-corrected chi connectivity index (χ4v) is 7.35. The average molecular weight is 770 g/mol. The highest BCUT2D eigenvalue weighted by atomic mass is 16.3. The Morgan fingerprint density at radius 2 is 0.818 bits per heavy atom. The van der Waals surface area contributed by atoms with Gasteiger partial charge in [-0.1, -0.05) is 236 Å². The van der Waals surface area contributed by atoms with Gasteiger partial charge in [0.05, 0.1) is 18.8 Å². The molecule has 0 aromatic carbocycles. The first-order valence-corrected chi connectivity index (χ1v) is 24.4. The highest BCUT2D eigenvalue weighted by molar-refractivity contribution is 5.76. The van der Waals surface area contributed by atoms with Crippen LogP contribution in [0.2, 0.25) is 0 Å². The summed E-state index contributed by atoms with van der Waals surface area (Å²) in [5.74, 6) is -0.0733. The third kappa shape index (κ3) is 43.3. The molecule has 0 heterocycles. The molecule has 4 nitrogen and oxygen atoms in total. The van der Waals surface area contributed by atoms with Crippen molar-refractivity contribution in [3.63, 3.8) is 0 Å². The molecule has 55 heavy (non-hydrogen) atoms. The smallest absolute Gasteiger partial charge is 0.220 e. The second-order valence-electron chi connectivity index (χ2n) is 16.5. The summed E-state index contributed by atoms with van der Waals surface area (Å²) in [6, 6.07) is -0.639. The number of carbonyl (C=O) groups excluding carboxylic acids is 1. The summed E-state index contributed by atoms with van der Waals surface area (Å²) in [7, 11) is 0. The van der Waals surface area contributed by atoms with Crippen molar-refractivity contribution in [1.29, 1.82) is 0 Å². The van der Waals surface area contributed by atoms with Crippen LogP contribution in [0.5, 0.6) is 0 Å². The quantitative estimate of drug-likeness (QED) is 0.0427. The summed E-state index contributed by atoms with van der Waals surface area (Å²) in [4.78, 5) is 12.4. The molecule has 2 unspecified atom stereocenters. The number of aliphatic hydroxyl groups excluding tert-OH is 2. The molecule has 0 bridgehead atoms. The van der Waals surface area contributed by atoms with Crippen LogP contribution in [0.3, 0.4) is 0 Å². The lowest BCUT2D eigenvalue weighted by molar-refractivity contribution is -0.123. The van der Waals surface area contributed by atoms with Crippen molar-refractivity contribution >= 4 is 5.91 Å². The van der Waals surface area contributed by atoms with E-state index in [0.717, 1.165) is 44.9 Å². The van der Waals surface area contributed by atoms with E-state index in [4.69, 9.17) is 0 Å². The van der Waals surface area contributed by atoms with E-state index in [1.165, 1.54) is 186 Å². The maximum Gasteiger partial charge on any atom is 0.220 e. The Balaban J connectivity index is 3.56. The maximum atomic E-state index is 12.4. The van der Waals surface area contributed by atoms with Gasteiger partial charge in [0.1, 0.15) is 0 Å². The van der Waals surface area contributed by atoms with Crippen molar-refractivity contribution in [2.75, 3.05) is 6.61 Å². The summed E-state index contributed by atoms with van der Waals surface area (Å²) in [6.07, 6.45) is 63.8. The summed E-state index contributed by atoms with van der Waals surface area (Å²) in [5.41, 5.74) is 0. The van der Waals surface area contributed by atoms with Crippen LogP contribution < -0.4 is 5.32 Å². The number of unbranched alkanes of at least 4 members (excludes halogenated alkanes) is 31. The number of hydrogen-bond donors (Lipinski definition) is 3. The Morgan fingerprint density at radius 3 is 1.25 bits per heavy atom. The van der Waals surface area contributed by atoms with E-state index in [1.54, 1.807) is 6.08 Å². The minimum atomic E-state index is -0.862. The van der Waals surface area contributed by atoms with Gasteiger partial charge in [-0.05, 0) is 57.8 Å². The van der Waals surface area contributed by atoms with Crippen molar-refractivity contribution in [3.05, 3.63) is 48.6 Å². The van der Waals surface area contributed by atoms with Crippen LogP contribution in [-0.2, 0) is 4.79 Å². The number of amides is 1. The molecule has 0 aromatic heterocycles. The summed E-state index contributed by atoms with van der Waals surface area (Å²) in [5, 5.41) is 23.1. The van der Waals surface area contributed by atoms with Gasteiger partial charge in [-0.2, -0.15) is 0 Å². The Kier molecular flexibility index (Phi) is 45.3. The highest BCUT2D eigenvalue weighted by Gasteiger charge is 2.17. The van der Waals surface area contributed by atoms with Gasteiger partial charge < -0.3 is 15.5 Å². The lowest BCUT2D eigenvalue weighted by atomic mass is 10.0. The van der Waals surface area contributed by atoms with Crippen LogP contribution in [0, 0.1) is 0 Å². The Bertz CT molecular complexity index is 877. The van der Waals surface area contributed by atoms with E-state index in [9.17, 15) is 15.0 Å². The standard InChI is InChI=1S/C51H95NO3/c1-3-5-7-9-11-13-15-17-19-21-23-25-27-28-30-32-34-36-38-40-42-44-46-50(54)49(48-53)52-51(55)47-45-43-41-39-37-35-33-31-29-26-24-22-20-18-16-14-12-10-8-6-4-2/h6,8,12,14,36,38,44,46,49-50,53-54H,3-5,7,9-11,13,15-35,37,39-43,45,47-48H2,1-2H3,(H,52,55)/b8-6-,14-12-,38-36+,46-44+. The van der Waals surface area contributed by atoms with Crippen molar-refractivity contribution in [2.24, 2.45) is 0 Å². The summed E-state index contributed by atoms with van der Waals surface area (Å²) >= 11 is 0. The van der Waals surface area contributed by atoms with Crippen LogP contribution in [-0.4, -0.2) is 34.9 Å². The molecule has 0 saturated heterocycles. The van der Waals surface area contributed by atoms with Crippen molar-refractivity contribution in [3.8, 4) is 0 Å². The van der Waals surface area contributed by atoms with Gasteiger partial charge in [-0.3, -0.25) is 4.79 Å². The number of rotatable bonds is 44. The minimum absolute atomic E-state index is 0.0733. The first-order chi connectivity index (χ1) is 27.2. The van der Waals surface area contributed by atoms with Gasteiger partial charge in [0, 0.05) is 6.42 Å². The molecule has 322 valence electrons. The van der Waals surface area contributed by atoms with Crippen LogP contribution in [0.1, 0.15) is 251 Å². The maximum absolute atomic E-state index is 12.4. The van der Waals surface area contributed by atoms with Crippen LogP contribution in [0.15, 0.2) is 48.6 Å². The van der Waals surface area contributed by atoms with Crippen molar-refractivity contribution < 1.29 is 15.0 Å². The molecule has 0 aliphatic carbocycles. The summed E-state index contributed by atoms with van der Waals surface area (Å²) < 4.78 is 0. The molecule has 0 aliphatic rings. The largest absolute Gasteiger partial charge is 0.394 e. The van der Waals surface area contributed by atoms with Crippen LogP contribution in [0.25, 0.3) is 0 Å². The lowest BCUT2D eigenvalue weighted by Gasteiger charge is -2.19. The van der Waals surface area contributed by atoms with Crippen molar-refractivity contribution in [2.45, 2.75) is 264 Å². The molecule has 0 saturated carbocycles. The Hall–Kier alpha value is -1.65. The van der Waals surface area contributed by atoms with Gasteiger partial charge in [-0.15, -0.1) is 0 Å². The minimum Gasteiger partial charge on any atom is -0.394 e. The molecule has 1 amide bonds. The van der Waals surface area contributed by atoms with Gasteiger partial charge in [-0.25, -0.2) is 0 Å². The van der Waals surface area contributed by atoms with Gasteiger partial charge >= 0.3 is 0 Å². The second kappa shape index (κ2) is 46.7. The monoisotopic (exact) mass is 770 g/mol. The topological polar surface area (TPSA) is 69.6 Å². The van der Waals surface area contributed by atoms with Crippen LogP contribution >= 0.6 is 0 Å². The van der Waals surface area contributed by atoms with Gasteiger partial charge in [0.15, 0.2) is 0 Å². The number of aliphatic hydroxyl groups is 2. The number of allylic oxidation sites excluding steroid dienone is 7. The molecule has 4 heteroatoms. The SMILES string of the molecule is CC/C=C\C/C=C\CCCCCCCCCCCCCCCCC(=O)NC(CO)C(O)/C=C/CC/C=C/CCCCCCCCCCCCCCCCCC. The predicted octanol–water partition coefficient (Wildman–Crippen LogP) is 15.5. The normalized spacial score (nSPS) is 13.3. The number of nitrogens with one attached hydrogen (secondary N) is 1.